The molecular formula is C14H24N2O3S2. The highest BCUT2D eigenvalue weighted by Gasteiger charge is 2.26. The largest absolute Gasteiger partial charge is 0.378 e. The first-order valence-corrected chi connectivity index (χ1v) is 9.80. The van der Waals surface area contributed by atoms with Gasteiger partial charge < -0.3 is 4.74 Å². The molecule has 0 saturated carbocycles. The van der Waals surface area contributed by atoms with Crippen molar-refractivity contribution in [3.05, 3.63) is 22.4 Å². The minimum absolute atomic E-state index is 0.0721. The maximum atomic E-state index is 12.2. The third-order valence-corrected chi connectivity index (χ3v) is 6.17. The Morgan fingerprint density at radius 2 is 2.00 bits per heavy atom. The average Bonchev–Trinajstić information content (AvgIpc) is 2.91. The Balaban J connectivity index is 1.77. The highest BCUT2D eigenvalue weighted by Crippen LogP contribution is 2.15. The summed E-state index contributed by atoms with van der Waals surface area (Å²) in [7, 11) is -3.18. The normalized spacial score (nSPS) is 18.4. The fraction of sp³-hybridized carbons (Fsp3) is 0.714. The molecule has 1 aromatic heterocycles. The Morgan fingerprint density at radius 3 is 2.57 bits per heavy atom. The molecule has 120 valence electrons. The molecule has 0 unspecified atom stereocenters. The molecule has 2 rings (SSSR count). The van der Waals surface area contributed by atoms with Crippen LogP contribution in [0.5, 0.6) is 0 Å². The smallest absolute Gasteiger partial charge is 0.216 e. The minimum Gasteiger partial charge on any atom is -0.378 e. The fourth-order valence-corrected chi connectivity index (χ4v) is 4.34. The van der Waals surface area contributed by atoms with E-state index in [-0.39, 0.29) is 18.5 Å². The molecule has 1 aromatic rings. The van der Waals surface area contributed by atoms with Crippen LogP contribution in [0, 0.1) is 0 Å². The molecule has 21 heavy (non-hydrogen) atoms. The zero-order valence-corrected chi connectivity index (χ0v) is 14.3. The number of nitrogens with zero attached hydrogens (tertiary/aromatic N) is 2. The summed E-state index contributed by atoms with van der Waals surface area (Å²) in [5, 5.41) is 2.07. The van der Waals surface area contributed by atoms with Crippen molar-refractivity contribution in [1.82, 2.24) is 9.21 Å². The van der Waals surface area contributed by atoms with Crippen LogP contribution in [0.25, 0.3) is 0 Å². The second-order valence-electron chi connectivity index (χ2n) is 5.49. The molecule has 1 fully saturated rings. The minimum atomic E-state index is -3.18. The first-order valence-electron chi connectivity index (χ1n) is 7.31. The molecule has 1 saturated heterocycles. The number of ether oxygens (including phenoxy) is 1. The molecule has 0 atom stereocenters. The second kappa shape index (κ2) is 7.69. The van der Waals surface area contributed by atoms with Gasteiger partial charge in [-0.1, -0.05) is 6.07 Å². The van der Waals surface area contributed by atoms with Crippen LogP contribution in [0.4, 0.5) is 0 Å². The van der Waals surface area contributed by atoms with E-state index < -0.39 is 10.0 Å². The summed E-state index contributed by atoms with van der Waals surface area (Å²) in [6, 6.07) is 4.17. The molecule has 0 amide bonds. The summed E-state index contributed by atoms with van der Waals surface area (Å²) in [5.41, 5.74) is 0. The molecule has 2 heterocycles. The van der Waals surface area contributed by atoms with Crippen LogP contribution < -0.4 is 0 Å². The molecule has 0 spiro atoms. The average molecular weight is 332 g/mol. The summed E-state index contributed by atoms with van der Waals surface area (Å²) < 4.78 is 31.4. The van der Waals surface area contributed by atoms with E-state index in [1.807, 2.05) is 13.8 Å². The van der Waals surface area contributed by atoms with Crippen molar-refractivity contribution in [2.45, 2.75) is 26.5 Å². The first kappa shape index (κ1) is 16.9. The van der Waals surface area contributed by atoms with E-state index in [9.17, 15) is 8.42 Å². The van der Waals surface area contributed by atoms with E-state index >= 15 is 0 Å². The van der Waals surface area contributed by atoms with Crippen LogP contribution in [0.15, 0.2) is 17.5 Å². The summed E-state index contributed by atoms with van der Waals surface area (Å²) in [6.45, 7) is 7.76. The number of piperazine rings is 1. The highest BCUT2D eigenvalue weighted by molar-refractivity contribution is 7.89. The van der Waals surface area contributed by atoms with Gasteiger partial charge in [0.05, 0.1) is 18.5 Å². The van der Waals surface area contributed by atoms with Gasteiger partial charge in [0.2, 0.25) is 10.0 Å². The van der Waals surface area contributed by atoms with Gasteiger partial charge in [0.1, 0.15) is 0 Å². The predicted molar refractivity (Wildman–Crippen MR) is 86.0 cm³/mol. The van der Waals surface area contributed by atoms with Crippen molar-refractivity contribution in [3.63, 3.8) is 0 Å². The lowest BCUT2D eigenvalue weighted by atomic mass is 10.3. The summed E-state index contributed by atoms with van der Waals surface area (Å²) in [5.74, 6) is 0.0795. The Labute approximate surface area is 131 Å². The number of rotatable bonds is 7. The molecule has 0 aromatic carbocycles. The van der Waals surface area contributed by atoms with E-state index in [1.54, 1.807) is 15.6 Å². The molecule has 1 aliphatic rings. The highest BCUT2D eigenvalue weighted by atomic mass is 32.2. The summed E-state index contributed by atoms with van der Waals surface area (Å²) >= 11 is 1.75. The van der Waals surface area contributed by atoms with Crippen molar-refractivity contribution in [2.24, 2.45) is 0 Å². The number of sulfonamides is 1. The maximum absolute atomic E-state index is 12.2. The molecule has 1 aliphatic heterocycles. The van der Waals surface area contributed by atoms with Gasteiger partial charge in [-0.05, 0) is 25.3 Å². The fourth-order valence-electron chi connectivity index (χ4n) is 2.31. The second-order valence-corrected chi connectivity index (χ2v) is 8.61. The van der Waals surface area contributed by atoms with Gasteiger partial charge in [-0.2, -0.15) is 4.31 Å². The van der Waals surface area contributed by atoms with Gasteiger partial charge in [0.25, 0.3) is 0 Å². The van der Waals surface area contributed by atoms with E-state index in [4.69, 9.17) is 4.74 Å². The summed E-state index contributed by atoms with van der Waals surface area (Å²) in [4.78, 5) is 3.64. The van der Waals surface area contributed by atoms with Crippen molar-refractivity contribution in [1.29, 1.82) is 0 Å². The quantitative estimate of drug-likeness (QED) is 0.761. The van der Waals surface area contributed by atoms with Gasteiger partial charge in [-0.3, -0.25) is 4.90 Å². The van der Waals surface area contributed by atoms with E-state index in [0.717, 1.165) is 19.6 Å². The zero-order valence-electron chi connectivity index (χ0n) is 12.7. The van der Waals surface area contributed by atoms with Crippen molar-refractivity contribution in [3.8, 4) is 0 Å². The maximum Gasteiger partial charge on any atom is 0.216 e. The van der Waals surface area contributed by atoms with Gasteiger partial charge in [-0.15, -0.1) is 11.3 Å². The van der Waals surface area contributed by atoms with Gasteiger partial charge in [0.15, 0.2) is 0 Å². The van der Waals surface area contributed by atoms with Crippen LogP contribution in [0.2, 0.25) is 0 Å². The van der Waals surface area contributed by atoms with Crippen LogP contribution in [-0.2, 0) is 21.3 Å². The molecule has 0 aliphatic carbocycles. The predicted octanol–water partition coefficient (Wildman–Crippen LogP) is 1.62. The standard InChI is InChI=1S/C14H24N2O3S2/c1-13(2)19-9-11-21(17,18)16-7-5-15(6-8-16)12-14-4-3-10-20-14/h3-4,10,13H,5-9,11-12H2,1-2H3. The molecular weight excluding hydrogens is 308 g/mol. The summed E-state index contributed by atoms with van der Waals surface area (Å²) in [6.07, 6.45) is 0.0721. The van der Waals surface area contributed by atoms with Crippen molar-refractivity contribution < 1.29 is 13.2 Å². The number of hydrogen-bond donors (Lipinski definition) is 0. The van der Waals surface area contributed by atoms with E-state index in [0.29, 0.717) is 13.1 Å². The molecule has 7 heteroatoms. The van der Waals surface area contributed by atoms with Crippen LogP contribution in [-0.4, -0.2) is 62.3 Å². The lowest BCUT2D eigenvalue weighted by Gasteiger charge is -2.33. The van der Waals surface area contributed by atoms with E-state index in [2.05, 4.69) is 22.4 Å². The van der Waals surface area contributed by atoms with Crippen molar-refractivity contribution >= 4 is 21.4 Å². The molecule has 0 radical (unpaired) electrons. The van der Waals surface area contributed by atoms with Gasteiger partial charge in [0, 0.05) is 37.6 Å². The SMILES string of the molecule is CC(C)OCCS(=O)(=O)N1CCN(Cc2cccs2)CC1. The zero-order chi connectivity index (χ0) is 15.3. The number of hydrogen-bond acceptors (Lipinski definition) is 5. The van der Waals surface area contributed by atoms with Gasteiger partial charge in [-0.25, -0.2) is 8.42 Å². The van der Waals surface area contributed by atoms with E-state index in [1.165, 1.54) is 4.88 Å². The molecule has 0 N–H and O–H groups in total. The van der Waals surface area contributed by atoms with Crippen molar-refractivity contribution in [2.75, 3.05) is 38.5 Å². The molecule has 5 nitrogen and oxygen atoms in total. The Hall–Kier alpha value is -0.470. The topological polar surface area (TPSA) is 49.9 Å². The Morgan fingerprint density at radius 1 is 1.29 bits per heavy atom. The lowest BCUT2D eigenvalue weighted by Crippen LogP contribution is -2.49. The third kappa shape index (κ3) is 5.34. The number of thiophene rings is 1. The van der Waals surface area contributed by atoms with Crippen LogP contribution in [0.3, 0.4) is 0 Å². The first-order chi connectivity index (χ1) is 9.97. The monoisotopic (exact) mass is 332 g/mol. The Kier molecular flexibility index (Phi) is 6.19. The van der Waals surface area contributed by atoms with Gasteiger partial charge >= 0.3 is 0 Å². The Bertz CT molecular complexity index is 506. The van der Waals surface area contributed by atoms with Crippen LogP contribution >= 0.6 is 11.3 Å². The molecule has 0 bridgehead atoms. The third-order valence-electron chi connectivity index (χ3n) is 3.48. The lowest BCUT2D eigenvalue weighted by molar-refractivity contribution is 0.0902. The van der Waals surface area contributed by atoms with Crippen LogP contribution in [0.1, 0.15) is 18.7 Å².